The zero-order chi connectivity index (χ0) is 18.6. The van der Waals surface area contributed by atoms with Crippen LogP contribution in [-0.2, 0) is 14.8 Å². The number of hydrogen-bond donors (Lipinski definition) is 1. The van der Waals surface area contributed by atoms with Gasteiger partial charge in [-0.05, 0) is 57.1 Å². The van der Waals surface area contributed by atoms with E-state index in [0.29, 0.717) is 12.0 Å². The molecule has 0 unspecified atom stereocenters. The standard InChI is InChI=1S/C19H30N2O3S/c1-14(2)12-17(19(22)21-10-6-5-7-11-21)20-25(23,24)18-9-8-15(3)13-16(18)4/h8-9,13-14,17,20H,5-7,10-12H2,1-4H3/t17-/m1/s1. The van der Waals surface area contributed by atoms with Crippen molar-refractivity contribution < 1.29 is 13.2 Å². The van der Waals surface area contributed by atoms with Crippen molar-refractivity contribution in [2.24, 2.45) is 5.92 Å². The van der Waals surface area contributed by atoms with Gasteiger partial charge >= 0.3 is 0 Å². The van der Waals surface area contributed by atoms with E-state index in [0.717, 1.165) is 37.9 Å². The Bertz CT molecular complexity index is 707. The van der Waals surface area contributed by atoms with Crippen molar-refractivity contribution in [1.29, 1.82) is 0 Å². The van der Waals surface area contributed by atoms with E-state index in [1.54, 1.807) is 24.0 Å². The average Bonchev–Trinajstić information content (AvgIpc) is 2.53. The second kappa shape index (κ2) is 8.32. The van der Waals surface area contributed by atoms with Crippen LogP contribution >= 0.6 is 0 Å². The maximum absolute atomic E-state index is 12.9. The van der Waals surface area contributed by atoms with Gasteiger partial charge in [0.15, 0.2) is 0 Å². The monoisotopic (exact) mass is 366 g/mol. The second-order valence-corrected chi connectivity index (χ2v) is 9.14. The molecule has 0 bridgehead atoms. The number of amides is 1. The van der Waals surface area contributed by atoms with Gasteiger partial charge < -0.3 is 4.90 Å². The van der Waals surface area contributed by atoms with Crippen LogP contribution in [0, 0.1) is 19.8 Å². The first-order valence-corrected chi connectivity index (χ1v) is 10.6. The van der Waals surface area contributed by atoms with Crippen molar-refractivity contribution in [1.82, 2.24) is 9.62 Å². The summed E-state index contributed by atoms with van der Waals surface area (Å²) < 4.78 is 28.4. The first-order chi connectivity index (χ1) is 11.7. The van der Waals surface area contributed by atoms with E-state index in [2.05, 4.69) is 4.72 Å². The van der Waals surface area contributed by atoms with Crippen molar-refractivity contribution in [3.05, 3.63) is 29.3 Å². The average molecular weight is 367 g/mol. The zero-order valence-electron chi connectivity index (χ0n) is 15.7. The summed E-state index contributed by atoms with van der Waals surface area (Å²) in [5.74, 6) is 0.127. The molecular weight excluding hydrogens is 336 g/mol. The Morgan fingerprint density at radius 1 is 1.16 bits per heavy atom. The first-order valence-electron chi connectivity index (χ1n) is 9.09. The Hall–Kier alpha value is -1.40. The Morgan fingerprint density at radius 2 is 1.80 bits per heavy atom. The van der Waals surface area contributed by atoms with Gasteiger partial charge in [-0.1, -0.05) is 31.5 Å². The van der Waals surface area contributed by atoms with Crippen LogP contribution in [0.15, 0.2) is 23.1 Å². The number of carbonyl (C=O) groups excluding carboxylic acids is 1. The van der Waals surface area contributed by atoms with Gasteiger partial charge in [0.2, 0.25) is 15.9 Å². The molecule has 0 spiro atoms. The van der Waals surface area contributed by atoms with Crippen LogP contribution in [0.1, 0.15) is 50.7 Å². The van der Waals surface area contributed by atoms with E-state index in [4.69, 9.17) is 0 Å². The molecule has 1 aromatic rings. The van der Waals surface area contributed by atoms with Crippen LogP contribution in [-0.4, -0.2) is 38.4 Å². The maximum atomic E-state index is 12.9. The summed E-state index contributed by atoms with van der Waals surface area (Å²) in [5, 5.41) is 0. The van der Waals surface area contributed by atoms with Crippen molar-refractivity contribution in [2.75, 3.05) is 13.1 Å². The number of hydrogen-bond acceptors (Lipinski definition) is 3. The zero-order valence-corrected chi connectivity index (χ0v) is 16.5. The van der Waals surface area contributed by atoms with E-state index < -0.39 is 16.1 Å². The number of nitrogens with zero attached hydrogens (tertiary/aromatic N) is 1. The normalized spacial score (nSPS) is 16.9. The smallest absolute Gasteiger partial charge is 0.241 e. The lowest BCUT2D eigenvalue weighted by atomic mass is 10.0. The lowest BCUT2D eigenvalue weighted by Crippen LogP contribution is -2.50. The summed E-state index contributed by atoms with van der Waals surface area (Å²) in [6, 6.07) is 4.54. The van der Waals surface area contributed by atoms with Gasteiger partial charge in [-0.15, -0.1) is 0 Å². The predicted octanol–water partition coefficient (Wildman–Crippen LogP) is 3.01. The number of aryl methyl sites for hydroxylation is 2. The molecule has 1 saturated heterocycles. The molecule has 1 heterocycles. The molecule has 1 aromatic carbocycles. The van der Waals surface area contributed by atoms with Crippen LogP contribution in [0.25, 0.3) is 0 Å². The molecule has 0 radical (unpaired) electrons. The van der Waals surface area contributed by atoms with Crippen LogP contribution in [0.4, 0.5) is 0 Å². The molecule has 1 amide bonds. The predicted molar refractivity (Wildman–Crippen MR) is 99.9 cm³/mol. The number of nitrogens with one attached hydrogen (secondary N) is 1. The molecule has 5 nitrogen and oxygen atoms in total. The molecule has 2 rings (SSSR count). The molecule has 1 aliphatic rings. The molecule has 0 aliphatic carbocycles. The minimum Gasteiger partial charge on any atom is -0.341 e. The van der Waals surface area contributed by atoms with E-state index in [1.165, 1.54) is 0 Å². The van der Waals surface area contributed by atoms with E-state index in [1.807, 2.05) is 26.8 Å². The van der Waals surface area contributed by atoms with E-state index in [9.17, 15) is 13.2 Å². The van der Waals surface area contributed by atoms with Gasteiger partial charge in [0.05, 0.1) is 4.90 Å². The second-order valence-electron chi connectivity index (χ2n) is 7.46. The summed E-state index contributed by atoms with van der Waals surface area (Å²) in [5.41, 5.74) is 1.71. The Kier molecular flexibility index (Phi) is 6.63. The molecule has 0 saturated carbocycles. The highest BCUT2D eigenvalue weighted by atomic mass is 32.2. The van der Waals surface area contributed by atoms with Crippen molar-refractivity contribution >= 4 is 15.9 Å². The van der Waals surface area contributed by atoms with Gasteiger partial charge in [0.1, 0.15) is 6.04 Å². The van der Waals surface area contributed by atoms with Crippen LogP contribution in [0.2, 0.25) is 0 Å². The number of benzene rings is 1. The maximum Gasteiger partial charge on any atom is 0.241 e. The van der Waals surface area contributed by atoms with Crippen LogP contribution < -0.4 is 4.72 Å². The third-order valence-corrected chi connectivity index (χ3v) is 6.22. The summed E-state index contributed by atoms with van der Waals surface area (Å²) in [6.07, 6.45) is 3.61. The van der Waals surface area contributed by atoms with Gasteiger partial charge in [-0.2, -0.15) is 4.72 Å². The Balaban J connectivity index is 2.24. The summed E-state index contributed by atoms with van der Waals surface area (Å²) in [6.45, 7) is 9.16. The SMILES string of the molecule is Cc1ccc(S(=O)(=O)N[C@H](CC(C)C)C(=O)N2CCCCC2)c(C)c1. The summed E-state index contributed by atoms with van der Waals surface area (Å²) in [7, 11) is -3.73. The van der Waals surface area contributed by atoms with Gasteiger partial charge in [-0.25, -0.2) is 8.42 Å². The van der Waals surface area contributed by atoms with Crippen molar-refractivity contribution in [2.45, 2.75) is 64.3 Å². The lowest BCUT2D eigenvalue weighted by molar-refractivity contribution is -0.134. The molecule has 0 aromatic heterocycles. The van der Waals surface area contributed by atoms with E-state index in [-0.39, 0.29) is 16.7 Å². The summed E-state index contributed by atoms with van der Waals surface area (Å²) in [4.78, 5) is 14.9. The largest absolute Gasteiger partial charge is 0.341 e. The first kappa shape index (κ1) is 19.9. The van der Waals surface area contributed by atoms with Crippen LogP contribution in [0.3, 0.4) is 0 Å². The van der Waals surface area contributed by atoms with Gasteiger partial charge in [0.25, 0.3) is 0 Å². The van der Waals surface area contributed by atoms with Crippen molar-refractivity contribution in [3.63, 3.8) is 0 Å². The number of sulfonamides is 1. The molecule has 140 valence electrons. The topological polar surface area (TPSA) is 66.5 Å². The third kappa shape index (κ3) is 5.28. The number of piperidine rings is 1. The fourth-order valence-electron chi connectivity index (χ4n) is 3.36. The highest BCUT2D eigenvalue weighted by Crippen LogP contribution is 2.19. The minimum atomic E-state index is -3.73. The molecule has 25 heavy (non-hydrogen) atoms. The molecular formula is C19H30N2O3S. The minimum absolute atomic E-state index is 0.0956. The highest BCUT2D eigenvalue weighted by molar-refractivity contribution is 7.89. The molecule has 6 heteroatoms. The van der Waals surface area contributed by atoms with Crippen molar-refractivity contribution in [3.8, 4) is 0 Å². The Morgan fingerprint density at radius 3 is 2.36 bits per heavy atom. The van der Waals surface area contributed by atoms with Gasteiger partial charge in [0, 0.05) is 13.1 Å². The Labute approximate surface area is 151 Å². The summed E-state index contributed by atoms with van der Waals surface area (Å²) >= 11 is 0. The third-order valence-electron chi connectivity index (χ3n) is 4.59. The van der Waals surface area contributed by atoms with E-state index >= 15 is 0 Å². The highest BCUT2D eigenvalue weighted by Gasteiger charge is 2.31. The van der Waals surface area contributed by atoms with Crippen LogP contribution in [0.5, 0.6) is 0 Å². The fourth-order valence-corrected chi connectivity index (χ4v) is 4.79. The molecule has 1 aliphatic heterocycles. The lowest BCUT2D eigenvalue weighted by Gasteiger charge is -2.31. The molecule has 1 fully saturated rings. The number of carbonyl (C=O) groups is 1. The number of rotatable bonds is 6. The number of likely N-dealkylation sites (tertiary alicyclic amines) is 1. The quantitative estimate of drug-likeness (QED) is 0.841. The molecule has 1 N–H and O–H groups in total. The van der Waals surface area contributed by atoms with Gasteiger partial charge in [-0.3, -0.25) is 4.79 Å². The molecule has 1 atom stereocenters. The fraction of sp³-hybridized carbons (Fsp3) is 0.632.